The van der Waals surface area contributed by atoms with Crippen LogP contribution in [0.3, 0.4) is 0 Å². The zero-order valence-electron chi connectivity index (χ0n) is 14.2. The number of nitrogens with zero attached hydrogens (tertiary/aromatic N) is 6. The van der Waals surface area contributed by atoms with Crippen LogP contribution in [-0.4, -0.2) is 41.6 Å². The SMILES string of the molecule is Cc1nsc(-c2nnc3n2CCN(C(=O)Nc2ccc(F)cc2)[C@@H]3C)n1. The van der Waals surface area contributed by atoms with Gasteiger partial charge in [-0.2, -0.15) is 4.37 Å². The molecular weight excluding hydrogens is 357 g/mol. The number of nitrogens with one attached hydrogen (secondary N) is 1. The van der Waals surface area contributed by atoms with Crippen LogP contribution in [0.4, 0.5) is 14.9 Å². The minimum absolute atomic E-state index is 0.250. The van der Waals surface area contributed by atoms with Crippen LogP contribution in [0.25, 0.3) is 10.8 Å². The fourth-order valence-electron chi connectivity index (χ4n) is 2.94. The third-order valence-electron chi connectivity index (χ3n) is 4.26. The van der Waals surface area contributed by atoms with Gasteiger partial charge in [-0.3, -0.25) is 0 Å². The Hall–Kier alpha value is -2.88. The van der Waals surface area contributed by atoms with Gasteiger partial charge in [0, 0.05) is 18.8 Å². The Morgan fingerprint density at radius 1 is 1.27 bits per heavy atom. The number of aromatic nitrogens is 5. The van der Waals surface area contributed by atoms with Crippen LogP contribution in [0.2, 0.25) is 0 Å². The second-order valence-corrected chi connectivity index (χ2v) is 6.74. The normalized spacial score (nSPS) is 16.4. The molecule has 26 heavy (non-hydrogen) atoms. The van der Waals surface area contributed by atoms with E-state index >= 15 is 0 Å². The second kappa shape index (κ2) is 6.45. The number of urea groups is 1. The number of amides is 2. The number of aryl methyl sites for hydroxylation is 1. The van der Waals surface area contributed by atoms with E-state index in [1.807, 2.05) is 18.4 Å². The molecule has 2 aromatic heterocycles. The van der Waals surface area contributed by atoms with Gasteiger partial charge in [-0.05, 0) is 49.6 Å². The Labute approximate surface area is 152 Å². The molecule has 1 aromatic carbocycles. The summed E-state index contributed by atoms with van der Waals surface area (Å²) < 4.78 is 19.2. The first kappa shape index (κ1) is 16.6. The number of benzene rings is 1. The number of fused-ring (bicyclic) bond motifs is 1. The van der Waals surface area contributed by atoms with E-state index in [1.54, 1.807) is 4.90 Å². The highest BCUT2D eigenvalue weighted by Crippen LogP contribution is 2.29. The average Bonchev–Trinajstić information content (AvgIpc) is 3.23. The minimum atomic E-state index is -0.345. The fourth-order valence-corrected chi connectivity index (χ4v) is 3.60. The maximum Gasteiger partial charge on any atom is 0.322 e. The quantitative estimate of drug-likeness (QED) is 0.746. The molecule has 0 aliphatic carbocycles. The molecule has 1 aliphatic rings. The molecular formula is C16H16FN7OS. The molecule has 134 valence electrons. The molecule has 2 amide bonds. The van der Waals surface area contributed by atoms with Gasteiger partial charge >= 0.3 is 6.03 Å². The first-order chi connectivity index (χ1) is 12.5. The lowest BCUT2D eigenvalue weighted by Crippen LogP contribution is -2.43. The van der Waals surface area contributed by atoms with Gasteiger partial charge in [0.1, 0.15) is 11.6 Å². The summed E-state index contributed by atoms with van der Waals surface area (Å²) in [5.41, 5.74) is 0.542. The molecule has 1 N–H and O–H groups in total. The van der Waals surface area contributed by atoms with Crippen LogP contribution in [0, 0.1) is 12.7 Å². The van der Waals surface area contributed by atoms with Crippen molar-refractivity contribution in [1.29, 1.82) is 0 Å². The summed E-state index contributed by atoms with van der Waals surface area (Å²) in [6.45, 7) is 4.80. The van der Waals surface area contributed by atoms with E-state index in [0.29, 0.717) is 36.3 Å². The highest BCUT2D eigenvalue weighted by Gasteiger charge is 2.32. The molecule has 4 rings (SSSR count). The minimum Gasteiger partial charge on any atom is -0.313 e. The zero-order chi connectivity index (χ0) is 18.3. The lowest BCUT2D eigenvalue weighted by atomic mass is 10.2. The molecule has 0 bridgehead atoms. The summed E-state index contributed by atoms with van der Waals surface area (Å²) in [5, 5.41) is 12.0. The van der Waals surface area contributed by atoms with Crippen molar-refractivity contribution in [3.63, 3.8) is 0 Å². The van der Waals surface area contributed by atoms with Crippen molar-refractivity contribution in [3.8, 4) is 10.8 Å². The van der Waals surface area contributed by atoms with Crippen molar-refractivity contribution < 1.29 is 9.18 Å². The first-order valence-electron chi connectivity index (χ1n) is 8.10. The summed E-state index contributed by atoms with van der Waals surface area (Å²) in [6, 6.07) is 5.16. The Balaban J connectivity index is 1.54. The number of rotatable bonds is 2. The molecule has 8 nitrogen and oxygen atoms in total. The number of halogens is 1. The fraction of sp³-hybridized carbons (Fsp3) is 0.312. The predicted octanol–water partition coefficient (Wildman–Crippen LogP) is 2.85. The molecule has 0 spiro atoms. The summed E-state index contributed by atoms with van der Waals surface area (Å²) in [5.74, 6) is 1.73. The van der Waals surface area contributed by atoms with E-state index in [4.69, 9.17) is 0 Å². The van der Waals surface area contributed by atoms with Crippen LogP contribution in [0.5, 0.6) is 0 Å². The Bertz CT molecular complexity index is 952. The van der Waals surface area contributed by atoms with Crippen LogP contribution in [-0.2, 0) is 6.54 Å². The smallest absolute Gasteiger partial charge is 0.313 e. The van der Waals surface area contributed by atoms with Gasteiger partial charge in [0.2, 0.25) is 0 Å². The maximum absolute atomic E-state index is 13.0. The third kappa shape index (κ3) is 2.92. The third-order valence-corrected chi connectivity index (χ3v) is 5.06. The van der Waals surface area contributed by atoms with Crippen LogP contribution < -0.4 is 5.32 Å². The number of carbonyl (C=O) groups excluding carboxylic acids is 1. The van der Waals surface area contributed by atoms with Crippen molar-refractivity contribution in [2.45, 2.75) is 26.4 Å². The van der Waals surface area contributed by atoms with Crippen molar-refractivity contribution in [2.24, 2.45) is 0 Å². The maximum atomic E-state index is 13.0. The van der Waals surface area contributed by atoms with Crippen LogP contribution in [0.15, 0.2) is 24.3 Å². The van der Waals surface area contributed by atoms with Gasteiger partial charge in [-0.15, -0.1) is 10.2 Å². The molecule has 1 aliphatic heterocycles. The highest BCUT2D eigenvalue weighted by molar-refractivity contribution is 7.09. The van der Waals surface area contributed by atoms with E-state index < -0.39 is 0 Å². The molecule has 3 heterocycles. The largest absolute Gasteiger partial charge is 0.322 e. The number of hydrogen-bond donors (Lipinski definition) is 1. The number of anilines is 1. The Morgan fingerprint density at radius 2 is 2.04 bits per heavy atom. The number of hydrogen-bond acceptors (Lipinski definition) is 6. The molecule has 10 heteroatoms. The van der Waals surface area contributed by atoms with E-state index in [0.717, 1.165) is 5.01 Å². The Morgan fingerprint density at radius 3 is 2.73 bits per heavy atom. The lowest BCUT2D eigenvalue weighted by molar-refractivity contribution is 0.173. The molecule has 0 saturated carbocycles. The van der Waals surface area contributed by atoms with E-state index in [-0.39, 0.29) is 17.9 Å². The van der Waals surface area contributed by atoms with E-state index in [9.17, 15) is 9.18 Å². The zero-order valence-corrected chi connectivity index (χ0v) is 15.0. The number of carbonyl (C=O) groups is 1. The topological polar surface area (TPSA) is 88.8 Å². The van der Waals surface area contributed by atoms with Gasteiger partial charge in [-0.25, -0.2) is 14.2 Å². The summed E-state index contributed by atoms with van der Waals surface area (Å²) in [6.07, 6.45) is 0. The average molecular weight is 373 g/mol. The lowest BCUT2D eigenvalue weighted by Gasteiger charge is -2.33. The summed E-state index contributed by atoms with van der Waals surface area (Å²) >= 11 is 1.28. The van der Waals surface area contributed by atoms with Crippen molar-refractivity contribution >= 4 is 23.3 Å². The molecule has 0 radical (unpaired) electrons. The standard InChI is InChI=1S/C16H16FN7OS/c1-9-13-20-21-14(15-18-10(2)22-26-15)24(13)8-7-23(9)16(25)19-12-5-3-11(17)4-6-12/h3-6,9H,7-8H2,1-2H3,(H,19,25)/t9-/m1/s1. The van der Waals surface area contributed by atoms with Gasteiger partial charge in [0.05, 0.1) is 6.04 Å². The van der Waals surface area contributed by atoms with Gasteiger partial charge in [0.15, 0.2) is 16.7 Å². The molecule has 0 unspecified atom stereocenters. The molecule has 0 saturated heterocycles. The first-order valence-corrected chi connectivity index (χ1v) is 8.87. The van der Waals surface area contributed by atoms with Crippen molar-refractivity contribution in [2.75, 3.05) is 11.9 Å². The van der Waals surface area contributed by atoms with Crippen molar-refractivity contribution in [1.82, 2.24) is 29.0 Å². The Kier molecular flexibility index (Phi) is 4.11. The van der Waals surface area contributed by atoms with E-state index in [2.05, 4.69) is 24.9 Å². The molecule has 1 atom stereocenters. The van der Waals surface area contributed by atoms with Gasteiger partial charge in [-0.1, -0.05) is 0 Å². The molecule has 0 fully saturated rings. The van der Waals surface area contributed by atoms with Gasteiger partial charge in [0.25, 0.3) is 0 Å². The molecule has 3 aromatic rings. The summed E-state index contributed by atoms with van der Waals surface area (Å²) in [4.78, 5) is 18.6. The van der Waals surface area contributed by atoms with Crippen LogP contribution >= 0.6 is 11.5 Å². The van der Waals surface area contributed by atoms with Crippen molar-refractivity contribution in [3.05, 3.63) is 41.7 Å². The van der Waals surface area contributed by atoms with E-state index in [1.165, 1.54) is 35.8 Å². The summed E-state index contributed by atoms with van der Waals surface area (Å²) in [7, 11) is 0. The second-order valence-electron chi connectivity index (χ2n) is 5.99. The highest BCUT2D eigenvalue weighted by atomic mass is 32.1. The van der Waals surface area contributed by atoms with Crippen LogP contribution in [0.1, 0.15) is 24.6 Å². The monoisotopic (exact) mass is 373 g/mol. The predicted molar refractivity (Wildman–Crippen MR) is 94.2 cm³/mol. The van der Waals surface area contributed by atoms with Gasteiger partial charge < -0.3 is 14.8 Å².